The molecule has 4 heterocycles. The van der Waals surface area contributed by atoms with E-state index in [1.54, 1.807) is 6.07 Å². The van der Waals surface area contributed by atoms with Crippen molar-refractivity contribution in [3.8, 4) is 0 Å². The van der Waals surface area contributed by atoms with E-state index >= 15 is 0 Å². The minimum absolute atomic E-state index is 0.0909. The molecule has 2 aromatic rings. The predicted molar refractivity (Wildman–Crippen MR) is 104 cm³/mol. The van der Waals surface area contributed by atoms with Crippen molar-refractivity contribution in [2.75, 3.05) is 4.90 Å². The first-order valence-electron chi connectivity index (χ1n) is 8.97. The van der Waals surface area contributed by atoms with Crippen LogP contribution in [-0.4, -0.2) is 29.7 Å². The van der Waals surface area contributed by atoms with Crippen molar-refractivity contribution in [1.82, 2.24) is 5.32 Å². The summed E-state index contributed by atoms with van der Waals surface area (Å²) in [6.07, 6.45) is 2.04. The molecule has 0 radical (unpaired) electrons. The van der Waals surface area contributed by atoms with Gasteiger partial charge in [-0.05, 0) is 43.0 Å². The molecule has 1 aromatic heterocycles. The Hall–Kier alpha value is -2.73. The number of amides is 2. The van der Waals surface area contributed by atoms with Crippen molar-refractivity contribution in [2.24, 2.45) is 11.8 Å². The highest BCUT2D eigenvalue weighted by Gasteiger charge is 2.61. The van der Waals surface area contributed by atoms with Gasteiger partial charge in [-0.1, -0.05) is 23.8 Å². The number of hydrogen-bond acceptors (Lipinski definition) is 5. The average molecular weight is 378 g/mol. The van der Waals surface area contributed by atoms with Crippen LogP contribution in [0.5, 0.6) is 0 Å². The Morgan fingerprint density at radius 2 is 1.89 bits per heavy atom. The third-order valence-electron chi connectivity index (χ3n) is 5.88. The van der Waals surface area contributed by atoms with Crippen LogP contribution >= 0.6 is 11.3 Å². The molecule has 0 spiro atoms. The number of carbonyl (C=O) groups is 3. The molecule has 3 aliphatic rings. The van der Waals surface area contributed by atoms with Crippen LogP contribution in [0, 0.1) is 18.8 Å². The highest BCUT2D eigenvalue weighted by atomic mass is 32.1. The number of fused-ring (bicyclic) bond motifs is 5. The summed E-state index contributed by atoms with van der Waals surface area (Å²) in [6.45, 7) is 4.05. The maximum atomic E-state index is 13.4. The van der Waals surface area contributed by atoms with E-state index in [4.69, 9.17) is 0 Å². The summed E-state index contributed by atoms with van der Waals surface area (Å²) < 4.78 is 0. The number of anilines is 1. The molecule has 1 N–H and O–H groups in total. The molecule has 5 nitrogen and oxygen atoms in total. The predicted octanol–water partition coefficient (Wildman–Crippen LogP) is 2.80. The number of rotatable bonds is 2. The van der Waals surface area contributed by atoms with Gasteiger partial charge in [0.15, 0.2) is 5.78 Å². The number of allylic oxidation sites excluding steroid dienone is 1. The number of nitrogens with one attached hydrogen (secondary N) is 1. The lowest BCUT2D eigenvalue weighted by atomic mass is 9.86. The zero-order valence-corrected chi connectivity index (χ0v) is 15.7. The fourth-order valence-electron chi connectivity index (χ4n) is 4.74. The van der Waals surface area contributed by atoms with Crippen LogP contribution in [0.4, 0.5) is 5.69 Å². The van der Waals surface area contributed by atoms with Crippen molar-refractivity contribution >= 4 is 40.2 Å². The molecular formula is C21H18N2O3S. The standard InChI is InChI=1S/C21H18N2O3S/c1-10-5-6-13-12(8-10)11(2)9-14-16-17(21(26)22-20(16)25)18(23(13)14)19(24)15-4-3-7-27-15/h3-9,14,16-18H,1-2H3,(H,22,25,26)/t14-,16+,17+,18+/m1/s1. The lowest BCUT2D eigenvalue weighted by Crippen LogP contribution is -2.48. The molecule has 6 heteroatoms. The second-order valence-electron chi connectivity index (χ2n) is 7.46. The summed E-state index contributed by atoms with van der Waals surface area (Å²) >= 11 is 1.37. The van der Waals surface area contributed by atoms with E-state index in [-0.39, 0.29) is 23.6 Å². The Morgan fingerprint density at radius 1 is 1.11 bits per heavy atom. The van der Waals surface area contributed by atoms with Crippen LogP contribution < -0.4 is 10.2 Å². The van der Waals surface area contributed by atoms with Crippen molar-refractivity contribution in [3.05, 3.63) is 57.8 Å². The van der Waals surface area contributed by atoms with Crippen molar-refractivity contribution in [3.63, 3.8) is 0 Å². The van der Waals surface area contributed by atoms with Gasteiger partial charge in [-0.25, -0.2) is 0 Å². The van der Waals surface area contributed by atoms with E-state index in [2.05, 4.69) is 11.4 Å². The SMILES string of the molecule is CC1=C[C@@H]2[C@@H]3C(=O)NC(=O)[C@@H]3[C@@H](C(=O)c3cccs3)N2c2ccc(C)cc21. The molecule has 27 heavy (non-hydrogen) atoms. The molecule has 3 aliphatic heterocycles. The molecule has 136 valence electrons. The number of hydrogen-bond donors (Lipinski definition) is 1. The van der Waals surface area contributed by atoms with Crippen LogP contribution in [0.1, 0.15) is 27.7 Å². The Bertz CT molecular complexity index is 1020. The highest BCUT2D eigenvalue weighted by Crippen LogP contribution is 2.49. The van der Waals surface area contributed by atoms with Gasteiger partial charge in [0.2, 0.25) is 11.8 Å². The largest absolute Gasteiger partial charge is 0.352 e. The second kappa shape index (κ2) is 5.63. The molecule has 5 rings (SSSR count). The Morgan fingerprint density at radius 3 is 2.63 bits per heavy atom. The quantitative estimate of drug-likeness (QED) is 0.645. The first-order chi connectivity index (χ1) is 13.0. The van der Waals surface area contributed by atoms with Gasteiger partial charge in [0, 0.05) is 11.3 Å². The molecular weight excluding hydrogens is 360 g/mol. The van der Waals surface area contributed by atoms with Gasteiger partial charge < -0.3 is 4.90 Å². The van der Waals surface area contributed by atoms with Crippen LogP contribution in [0.15, 0.2) is 41.8 Å². The number of imide groups is 1. The number of ketones is 1. The maximum Gasteiger partial charge on any atom is 0.233 e. The van der Waals surface area contributed by atoms with Crippen LogP contribution in [0.3, 0.4) is 0 Å². The Kier molecular flexibility index (Phi) is 3.43. The zero-order chi connectivity index (χ0) is 18.9. The number of benzene rings is 1. The van der Waals surface area contributed by atoms with E-state index in [0.29, 0.717) is 4.88 Å². The van der Waals surface area contributed by atoms with Crippen molar-refractivity contribution < 1.29 is 14.4 Å². The number of Topliss-reactive ketones (excluding diaryl/α,β-unsaturated/α-hetero) is 1. The molecule has 0 unspecified atom stereocenters. The Labute approximate surface area is 160 Å². The fourth-order valence-corrected chi connectivity index (χ4v) is 5.44. The normalized spacial score (nSPS) is 28.4. The Balaban J connectivity index is 1.72. The number of nitrogens with zero attached hydrogens (tertiary/aromatic N) is 1. The van der Waals surface area contributed by atoms with E-state index in [9.17, 15) is 14.4 Å². The van der Waals surface area contributed by atoms with Gasteiger partial charge in [-0.3, -0.25) is 19.7 Å². The molecule has 1 aromatic carbocycles. The highest BCUT2D eigenvalue weighted by molar-refractivity contribution is 7.12. The van der Waals surface area contributed by atoms with E-state index < -0.39 is 17.9 Å². The van der Waals surface area contributed by atoms with Crippen molar-refractivity contribution in [1.29, 1.82) is 0 Å². The lowest BCUT2D eigenvalue weighted by molar-refractivity contribution is -0.126. The second-order valence-corrected chi connectivity index (χ2v) is 8.41. The van der Waals surface area contributed by atoms with E-state index in [1.165, 1.54) is 11.3 Å². The van der Waals surface area contributed by atoms with Gasteiger partial charge in [-0.15, -0.1) is 11.3 Å². The van der Waals surface area contributed by atoms with Gasteiger partial charge >= 0.3 is 0 Å². The number of thiophene rings is 1. The van der Waals surface area contributed by atoms with Gasteiger partial charge in [-0.2, -0.15) is 0 Å². The molecule has 4 atom stereocenters. The first-order valence-corrected chi connectivity index (χ1v) is 9.85. The number of carbonyl (C=O) groups excluding carboxylic acids is 3. The maximum absolute atomic E-state index is 13.4. The van der Waals surface area contributed by atoms with Gasteiger partial charge in [0.25, 0.3) is 0 Å². The summed E-state index contributed by atoms with van der Waals surface area (Å²) in [6, 6.07) is 8.77. The fraction of sp³-hybridized carbons (Fsp3) is 0.286. The van der Waals surface area contributed by atoms with E-state index in [0.717, 1.165) is 22.4 Å². The summed E-state index contributed by atoms with van der Waals surface area (Å²) in [5.41, 5.74) is 4.19. The van der Waals surface area contributed by atoms with Crippen LogP contribution in [0.25, 0.3) is 5.57 Å². The third-order valence-corrected chi connectivity index (χ3v) is 6.76. The first kappa shape index (κ1) is 16.4. The molecule has 2 saturated heterocycles. The van der Waals surface area contributed by atoms with Crippen LogP contribution in [0.2, 0.25) is 0 Å². The molecule has 2 fully saturated rings. The minimum Gasteiger partial charge on any atom is -0.352 e. The van der Waals surface area contributed by atoms with Gasteiger partial charge in [0.05, 0.1) is 22.8 Å². The summed E-state index contributed by atoms with van der Waals surface area (Å²) in [5.74, 6) is -1.90. The van der Waals surface area contributed by atoms with Crippen molar-refractivity contribution in [2.45, 2.75) is 25.9 Å². The summed E-state index contributed by atoms with van der Waals surface area (Å²) in [7, 11) is 0. The minimum atomic E-state index is -0.670. The molecule has 0 bridgehead atoms. The molecule has 0 aliphatic carbocycles. The zero-order valence-electron chi connectivity index (χ0n) is 14.9. The van der Waals surface area contributed by atoms with E-state index in [1.807, 2.05) is 48.4 Å². The van der Waals surface area contributed by atoms with Gasteiger partial charge in [0.1, 0.15) is 6.04 Å². The monoisotopic (exact) mass is 378 g/mol. The molecule has 0 saturated carbocycles. The third kappa shape index (κ3) is 2.19. The lowest BCUT2D eigenvalue weighted by Gasteiger charge is -2.37. The van der Waals surface area contributed by atoms with Crippen LogP contribution in [-0.2, 0) is 9.59 Å². The summed E-state index contributed by atoms with van der Waals surface area (Å²) in [5, 5.41) is 4.30. The smallest absolute Gasteiger partial charge is 0.233 e. The summed E-state index contributed by atoms with van der Waals surface area (Å²) in [4.78, 5) is 41.2. The topological polar surface area (TPSA) is 66.5 Å². The molecule has 2 amide bonds. The average Bonchev–Trinajstić information content (AvgIpc) is 3.33. The number of aryl methyl sites for hydroxylation is 1.